The SMILES string of the molecule is CNC(C)c1nnc(NCc2nccn2C)o1. The van der Waals surface area contributed by atoms with Crippen molar-refractivity contribution in [1.82, 2.24) is 25.1 Å². The fourth-order valence-corrected chi connectivity index (χ4v) is 1.33. The van der Waals surface area contributed by atoms with Crippen molar-refractivity contribution in [2.45, 2.75) is 19.5 Å². The van der Waals surface area contributed by atoms with Gasteiger partial charge >= 0.3 is 6.01 Å². The van der Waals surface area contributed by atoms with Gasteiger partial charge in [-0.25, -0.2) is 4.98 Å². The van der Waals surface area contributed by atoms with Crippen molar-refractivity contribution in [3.05, 3.63) is 24.1 Å². The summed E-state index contributed by atoms with van der Waals surface area (Å²) >= 11 is 0. The molecule has 0 aliphatic carbocycles. The van der Waals surface area contributed by atoms with E-state index < -0.39 is 0 Å². The number of hydrogen-bond acceptors (Lipinski definition) is 6. The van der Waals surface area contributed by atoms with Crippen molar-refractivity contribution in [2.24, 2.45) is 7.05 Å². The molecule has 0 radical (unpaired) electrons. The van der Waals surface area contributed by atoms with E-state index in [9.17, 15) is 0 Å². The Bertz CT molecular complexity index is 477. The first kappa shape index (κ1) is 11.6. The average molecular weight is 236 g/mol. The predicted octanol–water partition coefficient (Wildman–Crippen LogP) is 0.696. The number of aryl methyl sites for hydroxylation is 1. The molecule has 1 unspecified atom stereocenters. The summed E-state index contributed by atoms with van der Waals surface area (Å²) in [6.45, 7) is 2.51. The third-order valence-electron chi connectivity index (χ3n) is 2.56. The maximum Gasteiger partial charge on any atom is 0.315 e. The molecule has 2 aromatic heterocycles. The second kappa shape index (κ2) is 4.96. The molecule has 0 saturated carbocycles. The van der Waals surface area contributed by atoms with E-state index in [4.69, 9.17) is 4.42 Å². The van der Waals surface area contributed by atoms with Crippen LogP contribution in [0.1, 0.15) is 24.7 Å². The second-order valence-corrected chi connectivity index (χ2v) is 3.76. The van der Waals surface area contributed by atoms with Crippen molar-refractivity contribution in [2.75, 3.05) is 12.4 Å². The van der Waals surface area contributed by atoms with Gasteiger partial charge in [0.05, 0.1) is 12.6 Å². The van der Waals surface area contributed by atoms with Crippen molar-refractivity contribution >= 4 is 6.01 Å². The van der Waals surface area contributed by atoms with E-state index in [-0.39, 0.29) is 6.04 Å². The first-order valence-corrected chi connectivity index (χ1v) is 5.41. The average Bonchev–Trinajstić information content (AvgIpc) is 2.94. The van der Waals surface area contributed by atoms with E-state index in [0.29, 0.717) is 18.5 Å². The minimum absolute atomic E-state index is 0.0474. The molecule has 2 heterocycles. The van der Waals surface area contributed by atoms with E-state index in [1.165, 1.54) is 0 Å². The number of aromatic nitrogens is 4. The Morgan fingerprint density at radius 2 is 2.29 bits per heavy atom. The number of anilines is 1. The Labute approximate surface area is 99.3 Å². The van der Waals surface area contributed by atoms with Gasteiger partial charge in [0.15, 0.2) is 0 Å². The molecule has 7 heteroatoms. The molecule has 0 aliphatic heterocycles. The highest BCUT2D eigenvalue weighted by Crippen LogP contribution is 2.13. The van der Waals surface area contributed by atoms with Gasteiger partial charge in [-0.3, -0.25) is 0 Å². The lowest BCUT2D eigenvalue weighted by atomic mass is 10.3. The monoisotopic (exact) mass is 236 g/mol. The Balaban J connectivity index is 1.96. The standard InChI is InChI=1S/C10H16N6O/c1-7(11-2)9-14-15-10(17-9)13-6-8-12-4-5-16(8)3/h4-5,7,11H,6H2,1-3H3,(H,13,15). The van der Waals surface area contributed by atoms with E-state index in [1.807, 2.05) is 31.8 Å². The number of nitrogens with one attached hydrogen (secondary N) is 2. The Kier molecular flexibility index (Phi) is 3.38. The van der Waals surface area contributed by atoms with Gasteiger partial charge in [0.1, 0.15) is 5.82 Å². The zero-order chi connectivity index (χ0) is 12.3. The molecule has 2 rings (SSSR count). The largest absolute Gasteiger partial charge is 0.406 e. The van der Waals surface area contributed by atoms with Gasteiger partial charge in [-0.05, 0) is 14.0 Å². The first-order chi connectivity index (χ1) is 8.20. The summed E-state index contributed by atoms with van der Waals surface area (Å²) in [5, 5.41) is 13.9. The van der Waals surface area contributed by atoms with Crippen LogP contribution in [0, 0.1) is 0 Å². The second-order valence-electron chi connectivity index (χ2n) is 3.76. The lowest BCUT2D eigenvalue weighted by Gasteiger charge is -2.03. The van der Waals surface area contributed by atoms with Crippen LogP contribution in [0.25, 0.3) is 0 Å². The van der Waals surface area contributed by atoms with Crippen molar-refractivity contribution < 1.29 is 4.42 Å². The van der Waals surface area contributed by atoms with Crippen LogP contribution in [0.2, 0.25) is 0 Å². The summed E-state index contributed by atoms with van der Waals surface area (Å²) in [6, 6.07) is 0.455. The van der Waals surface area contributed by atoms with Gasteiger partial charge in [0.25, 0.3) is 0 Å². The van der Waals surface area contributed by atoms with Gasteiger partial charge in [-0.1, -0.05) is 5.10 Å². The molecule has 0 aliphatic rings. The van der Waals surface area contributed by atoms with E-state index >= 15 is 0 Å². The molecule has 1 atom stereocenters. The van der Waals surface area contributed by atoms with Gasteiger partial charge in [0, 0.05) is 19.4 Å². The topological polar surface area (TPSA) is 80.8 Å². The maximum absolute atomic E-state index is 5.44. The van der Waals surface area contributed by atoms with Gasteiger partial charge in [-0.2, -0.15) is 0 Å². The van der Waals surface area contributed by atoms with Gasteiger partial charge in [0.2, 0.25) is 5.89 Å². The molecule has 2 N–H and O–H groups in total. The number of imidazole rings is 1. The maximum atomic E-state index is 5.44. The molecule has 0 fully saturated rings. The normalized spacial score (nSPS) is 12.6. The Morgan fingerprint density at radius 1 is 1.47 bits per heavy atom. The van der Waals surface area contributed by atoms with E-state index in [0.717, 1.165) is 5.82 Å². The molecule has 0 amide bonds. The molecule has 0 spiro atoms. The molecule has 0 saturated heterocycles. The van der Waals surface area contributed by atoms with Crippen LogP contribution in [0.5, 0.6) is 0 Å². The summed E-state index contributed by atoms with van der Waals surface area (Å²) < 4.78 is 7.37. The first-order valence-electron chi connectivity index (χ1n) is 5.41. The molecule has 2 aromatic rings. The Morgan fingerprint density at radius 3 is 2.94 bits per heavy atom. The van der Waals surface area contributed by atoms with Crippen LogP contribution >= 0.6 is 0 Å². The minimum atomic E-state index is 0.0474. The van der Waals surface area contributed by atoms with Crippen molar-refractivity contribution in [1.29, 1.82) is 0 Å². The third-order valence-corrected chi connectivity index (χ3v) is 2.56. The van der Waals surface area contributed by atoms with Crippen LogP contribution in [0.4, 0.5) is 6.01 Å². The molecule has 17 heavy (non-hydrogen) atoms. The zero-order valence-electron chi connectivity index (χ0n) is 10.1. The molecular weight excluding hydrogens is 220 g/mol. The lowest BCUT2D eigenvalue weighted by molar-refractivity contribution is 0.440. The Hall–Kier alpha value is -1.89. The molecular formula is C10H16N6O. The van der Waals surface area contributed by atoms with Crippen LogP contribution in [0.15, 0.2) is 16.8 Å². The van der Waals surface area contributed by atoms with Crippen molar-refractivity contribution in [3.63, 3.8) is 0 Å². The quantitative estimate of drug-likeness (QED) is 0.795. The summed E-state index contributed by atoms with van der Waals surface area (Å²) in [6.07, 6.45) is 3.64. The van der Waals surface area contributed by atoms with Crippen LogP contribution in [-0.4, -0.2) is 26.8 Å². The zero-order valence-corrected chi connectivity index (χ0v) is 10.1. The summed E-state index contributed by atoms with van der Waals surface area (Å²) in [4.78, 5) is 4.19. The fourth-order valence-electron chi connectivity index (χ4n) is 1.33. The van der Waals surface area contributed by atoms with E-state index in [2.05, 4.69) is 25.8 Å². The van der Waals surface area contributed by atoms with Crippen LogP contribution in [-0.2, 0) is 13.6 Å². The van der Waals surface area contributed by atoms with Gasteiger partial charge < -0.3 is 19.6 Å². The fraction of sp³-hybridized carbons (Fsp3) is 0.500. The number of nitrogens with zero attached hydrogens (tertiary/aromatic N) is 4. The highest BCUT2D eigenvalue weighted by molar-refractivity contribution is 5.18. The molecule has 92 valence electrons. The molecule has 0 bridgehead atoms. The van der Waals surface area contributed by atoms with Crippen LogP contribution in [0.3, 0.4) is 0 Å². The number of hydrogen-bond donors (Lipinski definition) is 2. The minimum Gasteiger partial charge on any atom is -0.406 e. The highest BCUT2D eigenvalue weighted by atomic mass is 16.4. The lowest BCUT2D eigenvalue weighted by Crippen LogP contribution is -2.12. The summed E-state index contributed by atoms with van der Waals surface area (Å²) in [5.41, 5.74) is 0. The van der Waals surface area contributed by atoms with Gasteiger partial charge in [-0.15, -0.1) is 5.10 Å². The summed E-state index contributed by atoms with van der Waals surface area (Å²) in [5.74, 6) is 1.47. The third kappa shape index (κ3) is 2.62. The summed E-state index contributed by atoms with van der Waals surface area (Å²) in [7, 11) is 3.78. The molecule has 7 nitrogen and oxygen atoms in total. The van der Waals surface area contributed by atoms with Crippen LogP contribution < -0.4 is 10.6 Å². The molecule has 0 aromatic carbocycles. The number of rotatable bonds is 5. The predicted molar refractivity (Wildman–Crippen MR) is 62.3 cm³/mol. The van der Waals surface area contributed by atoms with E-state index in [1.54, 1.807) is 6.20 Å². The van der Waals surface area contributed by atoms with Crippen molar-refractivity contribution in [3.8, 4) is 0 Å². The smallest absolute Gasteiger partial charge is 0.315 e. The highest BCUT2D eigenvalue weighted by Gasteiger charge is 2.11.